The van der Waals surface area contributed by atoms with E-state index >= 15 is 0 Å². The van der Waals surface area contributed by atoms with Gasteiger partial charge in [0, 0.05) is 0 Å². The minimum Gasteiger partial charge on any atom is -0.395 e. The summed E-state index contributed by atoms with van der Waals surface area (Å²) in [7, 11) is 0. The third-order valence-electron chi connectivity index (χ3n) is 2.78. The summed E-state index contributed by atoms with van der Waals surface area (Å²) in [5.41, 5.74) is 5.55. The van der Waals surface area contributed by atoms with Crippen LogP contribution in [0.4, 0.5) is 0 Å². The van der Waals surface area contributed by atoms with E-state index in [1.54, 1.807) is 0 Å². The highest BCUT2D eigenvalue weighted by atomic mass is 16.3. The molecule has 0 aromatic carbocycles. The summed E-state index contributed by atoms with van der Waals surface area (Å²) in [6.45, 7) is -0.113. The molecule has 0 amide bonds. The number of aliphatic hydroxyl groups excluding tert-OH is 2. The molecular formula is C9H19NO2. The molecule has 12 heavy (non-hydrogen) atoms. The van der Waals surface area contributed by atoms with Gasteiger partial charge in [-0.25, -0.2) is 0 Å². The van der Waals surface area contributed by atoms with Crippen molar-refractivity contribution in [3.05, 3.63) is 0 Å². The fraction of sp³-hybridized carbons (Fsp3) is 1.00. The van der Waals surface area contributed by atoms with Crippen LogP contribution in [-0.2, 0) is 0 Å². The molecular weight excluding hydrogens is 154 g/mol. The molecule has 4 N–H and O–H groups in total. The van der Waals surface area contributed by atoms with E-state index in [0.29, 0.717) is 5.92 Å². The highest BCUT2D eigenvalue weighted by molar-refractivity contribution is 4.80. The van der Waals surface area contributed by atoms with Crippen molar-refractivity contribution in [2.24, 2.45) is 11.7 Å². The zero-order chi connectivity index (χ0) is 8.97. The molecule has 0 aromatic heterocycles. The van der Waals surface area contributed by atoms with Gasteiger partial charge in [0.05, 0.1) is 18.8 Å². The van der Waals surface area contributed by atoms with Gasteiger partial charge in [-0.15, -0.1) is 0 Å². The van der Waals surface area contributed by atoms with Crippen molar-refractivity contribution in [1.29, 1.82) is 0 Å². The van der Waals surface area contributed by atoms with Crippen LogP contribution in [0.15, 0.2) is 0 Å². The normalized spacial score (nSPS) is 25.2. The summed E-state index contributed by atoms with van der Waals surface area (Å²) in [4.78, 5) is 0. The molecule has 1 aliphatic carbocycles. The van der Waals surface area contributed by atoms with Gasteiger partial charge >= 0.3 is 0 Å². The first-order valence-electron chi connectivity index (χ1n) is 4.80. The smallest absolute Gasteiger partial charge is 0.0741 e. The first-order chi connectivity index (χ1) is 5.75. The van der Waals surface area contributed by atoms with Gasteiger partial charge in [-0.2, -0.15) is 0 Å². The zero-order valence-electron chi connectivity index (χ0n) is 7.45. The number of hydrogen-bond donors (Lipinski definition) is 3. The van der Waals surface area contributed by atoms with Crippen molar-refractivity contribution in [3.63, 3.8) is 0 Å². The van der Waals surface area contributed by atoms with E-state index in [-0.39, 0.29) is 6.61 Å². The predicted octanol–water partition coefficient (Wildman–Crippen LogP) is 0.247. The molecule has 0 heterocycles. The Hall–Kier alpha value is -0.120. The highest BCUT2D eigenvalue weighted by Gasteiger charge is 2.25. The SMILES string of the molecule is N[C@@H](CO)[C@H](O)C1CCCCC1. The number of hydrogen-bond acceptors (Lipinski definition) is 3. The van der Waals surface area contributed by atoms with Crippen LogP contribution in [-0.4, -0.2) is 29.0 Å². The maximum absolute atomic E-state index is 9.66. The maximum Gasteiger partial charge on any atom is 0.0741 e. The summed E-state index contributed by atoms with van der Waals surface area (Å²) in [5, 5.41) is 18.4. The molecule has 0 radical (unpaired) electrons. The van der Waals surface area contributed by atoms with Crippen LogP contribution in [0.2, 0.25) is 0 Å². The fourth-order valence-corrected chi connectivity index (χ4v) is 1.93. The van der Waals surface area contributed by atoms with Crippen LogP contribution in [0.1, 0.15) is 32.1 Å². The van der Waals surface area contributed by atoms with E-state index in [4.69, 9.17) is 10.8 Å². The lowest BCUT2D eigenvalue weighted by molar-refractivity contribution is 0.0428. The van der Waals surface area contributed by atoms with E-state index in [1.807, 2.05) is 0 Å². The van der Waals surface area contributed by atoms with Gasteiger partial charge in [0.1, 0.15) is 0 Å². The zero-order valence-corrected chi connectivity index (χ0v) is 7.45. The third kappa shape index (κ3) is 2.44. The lowest BCUT2D eigenvalue weighted by Crippen LogP contribution is -2.43. The molecule has 3 heteroatoms. The Morgan fingerprint density at radius 3 is 2.33 bits per heavy atom. The second kappa shape index (κ2) is 4.80. The number of aliphatic hydroxyl groups is 2. The van der Waals surface area contributed by atoms with Gasteiger partial charge in [0.15, 0.2) is 0 Å². The molecule has 0 aromatic rings. The van der Waals surface area contributed by atoms with Gasteiger partial charge < -0.3 is 15.9 Å². The molecule has 0 spiro atoms. The topological polar surface area (TPSA) is 66.5 Å². The van der Waals surface area contributed by atoms with E-state index in [9.17, 15) is 5.11 Å². The Morgan fingerprint density at radius 2 is 1.83 bits per heavy atom. The molecule has 1 saturated carbocycles. The first-order valence-corrected chi connectivity index (χ1v) is 4.80. The van der Waals surface area contributed by atoms with E-state index < -0.39 is 12.1 Å². The van der Waals surface area contributed by atoms with Crippen molar-refractivity contribution in [2.75, 3.05) is 6.61 Å². The van der Waals surface area contributed by atoms with Gasteiger partial charge in [-0.1, -0.05) is 19.3 Å². The van der Waals surface area contributed by atoms with Crippen molar-refractivity contribution < 1.29 is 10.2 Å². The first kappa shape index (κ1) is 9.96. The monoisotopic (exact) mass is 173 g/mol. The standard InChI is InChI=1S/C9H19NO2/c10-8(6-11)9(12)7-4-2-1-3-5-7/h7-9,11-12H,1-6,10H2/t8-,9+/m0/s1. The van der Waals surface area contributed by atoms with Crippen LogP contribution < -0.4 is 5.73 Å². The third-order valence-corrected chi connectivity index (χ3v) is 2.78. The molecule has 0 unspecified atom stereocenters. The van der Waals surface area contributed by atoms with Gasteiger partial charge in [-0.3, -0.25) is 0 Å². The fourth-order valence-electron chi connectivity index (χ4n) is 1.93. The Balaban J connectivity index is 2.33. The quantitative estimate of drug-likeness (QED) is 0.573. The predicted molar refractivity (Wildman–Crippen MR) is 47.6 cm³/mol. The Morgan fingerprint density at radius 1 is 1.25 bits per heavy atom. The second-order valence-corrected chi connectivity index (χ2v) is 3.74. The molecule has 3 nitrogen and oxygen atoms in total. The minimum absolute atomic E-state index is 0.113. The summed E-state index contributed by atoms with van der Waals surface area (Å²) < 4.78 is 0. The Labute approximate surface area is 73.6 Å². The molecule has 0 aliphatic heterocycles. The number of rotatable bonds is 3. The Bertz CT molecular complexity index is 124. The highest BCUT2D eigenvalue weighted by Crippen LogP contribution is 2.27. The lowest BCUT2D eigenvalue weighted by Gasteiger charge is -2.29. The van der Waals surface area contributed by atoms with Crippen molar-refractivity contribution in [1.82, 2.24) is 0 Å². The van der Waals surface area contributed by atoms with E-state index in [1.165, 1.54) is 19.3 Å². The Kier molecular flexibility index (Phi) is 3.98. The van der Waals surface area contributed by atoms with Gasteiger partial charge in [-0.05, 0) is 18.8 Å². The average Bonchev–Trinajstić information content (AvgIpc) is 2.17. The molecule has 1 aliphatic rings. The molecule has 0 bridgehead atoms. The van der Waals surface area contributed by atoms with Crippen molar-refractivity contribution >= 4 is 0 Å². The summed E-state index contributed by atoms with van der Waals surface area (Å²) in [6.07, 6.45) is 5.29. The van der Waals surface area contributed by atoms with Crippen LogP contribution >= 0.6 is 0 Å². The maximum atomic E-state index is 9.66. The molecule has 1 rings (SSSR count). The summed E-state index contributed by atoms with van der Waals surface area (Å²) in [5.74, 6) is 0.320. The van der Waals surface area contributed by atoms with E-state index in [2.05, 4.69) is 0 Å². The van der Waals surface area contributed by atoms with Crippen LogP contribution in [0, 0.1) is 5.92 Å². The average molecular weight is 173 g/mol. The lowest BCUT2D eigenvalue weighted by atomic mass is 9.83. The summed E-state index contributed by atoms with van der Waals surface area (Å²) >= 11 is 0. The van der Waals surface area contributed by atoms with Crippen LogP contribution in [0.3, 0.4) is 0 Å². The largest absolute Gasteiger partial charge is 0.395 e. The van der Waals surface area contributed by atoms with E-state index in [0.717, 1.165) is 12.8 Å². The van der Waals surface area contributed by atoms with Crippen molar-refractivity contribution in [2.45, 2.75) is 44.2 Å². The molecule has 72 valence electrons. The van der Waals surface area contributed by atoms with Crippen LogP contribution in [0.5, 0.6) is 0 Å². The molecule has 1 fully saturated rings. The molecule has 2 atom stereocenters. The van der Waals surface area contributed by atoms with Crippen molar-refractivity contribution in [3.8, 4) is 0 Å². The number of nitrogens with two attached hydrogens (primary N) is 1. The summed E-state index contributed by atoms with van der Waals surface area (Å²) in [6, 6.07) is -0.451. The minimum atomic E-state index is -0.504. The van der Waals surface area contributed by atoms with Gasteiger partial charge in [0.25, 0.3) is 0 Å². The van der Waals surface area contributed by atoms with Gasteiger partial charge in [0.2, 0.25) is 0 Å². The second-order valence-electron chi connectivity index (χ2n) is 3.74. The van der Waals surface area contributed by atoms with Crippen LogP contribution in [0.25, 0.3) is 0 Å². The molecule has 0 saturated heterocycles.